The molecular weight excluding hydrogens is 460 g/mol. The molecule has 3 atom stereocenters. The first-order valence-electron chi connectivity index (χ1n) is 15.2. The van der Waals surface area contributed by atoms with Crippen molar-refractivity contribution in [1.29, 1.82) is 0 Å². The quantitative estimate of drug-likeness (QED) is 0.268. The van der Waals surface area contributed by atoms with Gasteiger partial charge in [-0.25, -0.2) is 0 Å². The van der Waals surface area contributed by atoms with Crippen LogP contribution in [-0.2, 0) is 9.59 Å². The van der Waals surface area contributed by atoms with Crippen LogP contribution in [0.3, 0.4) is 0 Å². The van der Waals surface area contributed by atoms with Crippen molar-refractivity contribution in [3.8, 4) is 0 Å². The number of hydrogen-bond acceptors (Lipinski definition) is 3. The summed E-state index contributed by atoms with van der Waals surface area (Å²) in [4.78, 5) is 28.7. The van der Waals surface area contributed by atoms with E-state index in [1.807, 2.05) is 6.92 Å². The molecule has 37 heavy (non-hydrogen) atoms. The Balaban J connectivity index is 1.60. The lowest BCUT2D eigenvalue weighted by atomic mass is 9.95. The number of para-hydroxylation sites is 1. The molecule has 1 aromatic carbocycles. The van der Waals surface area contributed by atoms with Gasteiger partial charge in [-0.15, -0.1) is 0 Å². The molecule has 1 aromatic rings. The molecule has 2 heterocycles. The van der Waals surface area contributed by atoms with Gasteiger partial charge in [0.15, 0.2) is 6.04 Å². The van der Waals surface area contributed by atoms with Gasteiger partial charge in [0, 0.05) is 18.7 Å². The number of amides is 2. The van der Waals surface area contributed by atoms with Crippen LogP contribution in [-0.4, -0.2) is 72.5 Å². The summed E-state index contributed by atoms with van der Waals surface area (Å²) >= 11 is 0. The van der Waals surface area contributed by atoms with Gasteiger partial charge < -0.3 is 15.1 Å². The van der Waals surface area contributed by atoms with Crippen LogP contribution in [0.5, 0.6) is 0 Å². The molecule has 3 rings (SSSR count). The summed E-state index contributed by atoms with van der Waals surface area (Å²) in [6, 6.07) is 6.33. The zero-order valence-electron chi connectivity index (χ0n) is 24.1. The molecule has 6 nitrogen and oxygen atoms in total. The standard InChI is InChI=1S/C31H52N4O2/c1-5-7-22-35(23-13-8-11-20-34-21-12-9-18-27(34)30(36)32-6-2)24-14-10-19-28(35)31(37)33-29-25(3)16-15-17-26(29)4/h15-17,27-28H,5-14,18-24H2,1-4H3,(H-,32,33,36,37)/p+1. The van der Waals surface area contributed by atoms with Crippen LogP contribution in [0.4, 0.5) is 5.69 Å². The lowest BCUT2D eigenvalue weighted by Crippen LogP contribution is -2.63. The third kappa shape index (κ3) is 8.03. The van der Waals surface area contributed by atoms with E-state index in [0.29, 0.717) is 6.54 Å². The molecule has 208 valence electrons. The van der Waals surface area contributed by atoms with Gasteiger partial charge in [-0.05, 0) is 96.4 Å². The number of quaternary nitrogens is 1. The van der Waals surface area contributed by atoms with Crippen molar-refractivity contribution in [1.82, 2.24) is 10.2 Å². The van der Waals surface area contributed by atoms with Crippen molar-refractivity contribution < 1.29 is 14.1 Å². The van der Waals surface area contributed by atoms with Crippen LogP contribution in [0.2, 0.25) is 0 Å². The molecule has 2 saturated heterocycles. The zero-order chi connectivity index (χ0) is 26.7. The maximum absolute atomic E-state index is 13.7. The van der Waals surface area contributed by atoms with Gasteiger partial charge >= 0.3 is 0 Å². The maximum atomic E-state index is 13.7. The summed E-state index contributed by atoms with van der Waals surface area (Å²) in [5.41, 5.74) is 3.27. The van der Waals surface area contributed by atoms with Crippen LogP contribution in [0.25, 0.3) is 0 Å². The van der Waals surface area contributed by atoms with Crippen molar-refractivity contribution in [3.63, 3.8) is 0 Å². The first-order valence-corrected chi connectivity index (χ1v) is 15.2. The molecule has 0 spiro atoms. The average molecular weight is 514 g/mol. The molecule has 2 amide bonds. The number of nitrogens with one attached hydrogen (secondary N) is 2. The van der Waals surface area contributed by atoms with Crippen LogP contribution in [0.15, 0.2) is 18.2 Å². The Morgan fingerprint density at radius 2 is 1.65 bits per heavy atom. The number of hydrogen-bond donors (Lipinski definition) is 2. The van der Waals surface area contributed by atoms with Gasteiger partial charge in [-0.2, -0.15) is 0 Å². The predicted molar refractivity (Wildman–Crippen MR) is 154 cm³/mol. The van der Waals surface area contributed by atoms with Crippen molar-refractivity contribution in [2.24, 2.45) is 0 Å². The Morgan fingerprint density at radius 3 is 2.38 bits per heavy atom. The highest BCUT2D eigenvalue weighted by atomic mass is 16.2. The summed E-state index contributed by atoms with van der Waals surface area (Å²) in [7, 11) is 0. The Kier molecular flexibility index (Phi) is 11.9. The first kappa shape index (κ1) is 29.6. The van der Waals surface area contributed by atoms with Gasteiger partial charge in [-0.1, -0.05) is 38.0 Å². The number of benzene rings is 1. The van der Waals surface area contributed by atoms with Gasteiger partial charge in [0.2, 0.25) is 5.91 Å². The molecule has 0 radical (unpaired) electrons. The second kappa shape index (κ2) is 14.9. The number of anilines is 1. The number of unbranched alkanes of at least 4 members (excludes halogenated alkanes) is 3. The van der Waals surface area contributed by atoms with Crippen molar-refractivity contribution >= 4 is 17.5 Å². The summed E-state index contributed by atoms with van der Waals surface area (Å²) in [5.74, 6) is 0.420. The van der Waals surface area contributed by atoms with E-state index < -0.39 is 0 Å². The lowest BCUT2D eigenvalue weighted by Gasteiger charge is -2.47. The van der Waals surface area contributed by atoms with E-state index in [4.69, 9.17) is 0 Å². The van der Waals surface area contributed by atoms with Crippen molar-refractivity contribution in [2.45, 2.75) is 110 Å². The smallest absolute Gasteiger partial charge is 0.282 e. The summed E-state index contributed by atoms with van der Waals surface area (Å²) in [5, 5.41) is 6.38. The molecule has 6 heteroatoms. The largest absolute Gasteiger partial charge is 0.355 e. The van der Waals surface area contributed by atoms with E-state index in [0.717, 1.165) is 99.0 Å². The number of nitrogens with zero attached hydrogens (tertiary/aromatic N) is 2. The van der Waals surface area contributed by atoms with E-state index >= 15 is 0 Å². The minimum absolute atomic E-state index is 0.0449. The van der Waals surface area contributed by atoms with Crippen LogP contribution in [0, 0.1) is 13.8 Å². The summed E-state index contributed by atoms with van der Waals surface area (Å²) in [6.45, 7) is 14.5. The highest BCUT2D eigenvalue weighted by Crippen LogP contribution is 2.30. The van der Waals surface area contributed by atoms with Gasteiger partial charge in [0.05, 0.1) is 25.7 Å². The molecule has 2 aliphatic heterocycles. The number of likely N-dealkylation sites (N-methyl/N-ethyl adjacent to an activating group) is 1. The fraction of sp³-hybridized carbons (Fsp3) is 0.742. The molecule has 0 bridgehead atoms. The SMILES string of the molecule is CCCC[N+]1(CCCCCN2CCCCC2C(=O)NCC)CCCCC1C(=O)Nc1c(C)cccc1C. The lowest BCUT2D eigenvalue weighted by molar-refractivity contribution is -0.947. The number of rotatable bonds is 13. The van der Waals surface area contributed by atoms with E-state index in [-0.39, 0.29) is 23.9 Å². The molecule has 2 N–H and O–H groups in total. The Morgan fingerprint density at radius 1 is 0.919 bits per heavy atom. The van der Waals surface area contributed by atoms with E-state index in [1.165, 1.54) is 25.7 Å². The highest BCUT2D eigenvalue weighted by Gasteiger charge is 2.43. The Hall–Kier alpha value is -1.92. The molecule has 0 aliphatic carbocycles. The normalized spacial score (nSPS) is 24.5. The maximum Gasteiger partial charge on any atom is 0.282 e. The predicted octanol–water partition coefficient (Wildman–Crippen LogP) is 5.57. The Labute approximate surface area is 226 Å². The number of carbonyl (C=O) groups excluding carboxylic acids is 2. The number of carbonyl (C=O) groups is 2. The second-order valence-corrected chi connectivity index (χ2v) is 11.5. The van der Waals surface area contributed by atoms with Crippen LogP contribution < -0.4 is 10.6 Å². The van der Waals surface area contributed by atoms with Gasteiger partial charge in [-0.3, -0.25) is 14.5 Å². The minimum atomic E-state index is 0.0449. The van der Waals surface area contributed by atoms with Crippen molar-refractivity contribution in [3.05, 3.63) is 29.3 Å². The molecular formula is C31H53N4O2+. The topological polar surface area (TPSA) is 61.4 Å². The van der Waals surface area contributed by atoms with Gasteiger partial charge in [0.1, 0.15) is 0 Å². The number of likely N-dealkylation sites (tertiary alicyclic amines) is 2. The van der Waals surface area contributed by atoms with Gasteiger partial charge in [0.25, 0.3) is 5.91 Å². The number of aryl methyl sites for hydroxylation is 2. The third-order valence-corrected chi connectivity index (χ3v) is 8.80. The summed E-state index contributed by atoms with van der Waals surface area (Å²) < 4.78 is 0.954. The fourth-order valence-corrected chi connectivity index (χ4v) is 6.68. The third-order valence-electron chi connectivity index (χ3n) is 8.80. The van der Waals surface area contributed by atoms with E-state index in [1.54, 1.807) is 0 Å². The zero-order valence-corrected chi connectivity index (χ0v) is 24.1. The molecule has 2 aliphatic rings. The molecule has 2 fully saturated rings. The Bertz CT molecular complexity index is 853. The van der Waals surface area contributed by atoms with Crippen LogP contribution in [0.1, 0.15) is 95.6 Å². The molecule has 3 unspecified atom stereocenters. The number of piperidine rings is 2. The molecule has 0 aromatic heterocycles. The highest BCUT2D eigenvalue weighted by molar-refractivity contribution is 5.95. The first-order chi connectivity index (χ1) is 17.9. The fourth-order valence-electron chi connectivity index (χ4n) is 6.68. The van der Waals surface area contributed by atoms with E-state index in [9.17, 15) is 9.59 Å². The van der Waals surface area contributed by atoms with E-state index in [2.05, 4.69) is 54.5 Å². The second-order valence-electron chi connectivity index (χ2n) is 11.5. The average Bonchev–Trinajstić information content (AvgIpc) is 2.90. The van der Waals surface area contributed by atoms with Crippen LogP contribution >= 0.6 is 0 Å². The summed E-state index contributed by atoms with van der Waals surface area (Å²) in [6.07, 6.45) is 12.5. The van der Waals surface area contributed by atoms with Crippen molar-refractivity contribution in [2.75, 3.05) is 44.6 Å². The monoisotopic (exact) mass is 513 g/mol. The minimum Gasteiger partial charge on any atom is -0.355 e. The molecule has 0 saturated carbocycles.